The summed E-state index contributed by atoms with van der Waals surface area (Å²) < 4.78 is 10.3. The highest BCUT2D eigenvalue weighted by molar-refractivity contribution is 5.93. The van der Waals surface area contributed by atoms with E-state index in [1.165, 1.54) is 6.92 Å². The summed E-state index contributed by atoms with van der Waals surface area (Å²) in [6.45, 7) is 1.84. The van der Waals surface area contributed by atoms with Crippen molar-refractivity contribution in [2.45, 2.75) is 45.1 Å². The van der Waals surface area contributed by atoms with Gasteiger partial charge in [-0.1, -0.05) is 0 Å². The van der Waals surface area contributed by atoms with Crippen molar-refractivity contribution < 1.29 is 23.9 Å². The van der Waals surface area contributed by atoms with Gasteiger partial charge >= 0.3 is 11.9 Å². The molecule has 1 saturated heterocycles. The molecule has 0 amide bonds. The van der Waals surface area contributed by atoms with Gasteiger partial charge in [0.15, 0.2) is 6.10 Å². The smallest absolute Gasteiger partial charge is 0.347 e. The summed E-state index contributed by atoms with van der Waals surface area (Å²) in [5, 5.41) is 0. The Kier molecular flexibility index (Phi) is 2.87. The van der Waals surface area contributed by atoms with E-state index in [1.54, 1.807) is 0 Å². The lowest BCUT2D eigenvalue weighted by atomic mass is 9.46. The molecule has 0 radical (unpaired) electrons. The lowest BCUT2D eigenvalue weighted by molar-refractivity contribution is -0.192. The maximum Gasteiger partial charge on any atom is 0.347 e. The molecule has 0 unspecified atom stereocenters. The molecule has 0 bridgehead atoms. The van der Waals surface area contributed by atoms with Gasteiger partial charge in [0.2, 0.25) is 0 Å². The topological polar surface area (TPSA) is 69.7 Å². The molecule has 5 nitrogen and oxygen atoms in total. The van der Waals surface area contributed by atoms with Crippen molar-refractivity contribution in [1.29, 1.82) is 0 Å². The van der Waals surface area contributed by atoms with Gasteiger partial charge in [-0.3, -0.25) is 9.59 Å². The van der Waals surface area contributed by atoms with E-state index in [9.17, 15) is 14.4 Å². The van der Waals surface area contributed by atoms with Crippen molar-refractivity contribution in [3.8, 4) is 0 Å². The third kappa shape index (κ3) is 1.70. The van der Waals surface area contributed by atoms with Crippen LogP contribution in [-0.2, 0) is 23.9 Å². The van der Waals surface area contributed by atoms with Crippen molar-refractivity contribution in [2.75, 3.05) is 6.61 Å². The van der Waals surface area contributed by atoms with Gasteiger partial charge in [-0.05, 0) is 38.5 Å². The van der Waals surface area contributed by atoms with Crippen LogP contribution >= 0.6 is 0 Å². The van der Waals surface area contributed by atoms with Crippen molar-refractivity contribution in [3.63, 3.8) is 0 Å². The summed E-state index contributed by atoms with van der Waals surface area (Å²) in [6, 6.07) is 0. The van der Waals surface area contributed by atoms with Crippen LogP contribution < -0.4 is 0 Å². The maximum atomic E-state index is 12.5. The number of carbonyl (C=O) groups is 3. The Hall–Kier alpha value is -1.39. The minimum Gasteiger partial charge on any atom is -0.463 e. The van der Waals surface area contributed by atoms with Crippen molar-refractivity contribution >= 4 is 17.7 Å². The third-order valence-corrected chi connectivity index (χ3v) is 4.98. The zero-order valence-electron chi connectivity index (χ0n) is 11.0. The molecule has 5 heteroatoms. The Morgan fingerprint density at radius 2 is 2.05 bits per heavy atom. The van der Waals surface area contributed by atoms with E-state index in [2.05, 4.69) is 0 Å². The lowest BCUT2D eigenvalue weighted by Crippen LogP contribution is -2.60. The van der Waals surface area contributed by atoms with Crippen LogP contribution in [0.15, 0.2) is 0 Å². The summed E-state index contributed by atoms with van der Waals surface area (Å²) in [5.74, 6) is -0.761. The first-order valence-corrected chi connectivity index (χ1v) is 6.96. The highest BCUT2D eigenvalue weighted by atomic mass is 16.6. The average molecular weight is 266 g/mol. The van der Waals surface area contributed by atoms with Crippen molar-refractivity contribution in [1.82, 2.24) is 0 Å². The maximum absolute atomic E-state index is 12.5. The highest BCUT2D eigenvalue weighted by Gasteiger charge is 2.64. The molecule has 0 aromatic heterocycles. The molecule has 19 heavy (non-hydrogen) atoms. The predicted molar refractivity (Wildman–Crippen MR) is 64.0 cm³/mol. The van der Waals surface area contributed by atoms with Gasteiger partial charge in [0, 0.05) is 12.3 Å². The normalized spacial score (nSPS) is 42.6. The molecule has 1 aliphatic heterocycles. The van der Waals surface area contributed by atoms with Gasteiger partial charge in [-0.2, -0.15) is 0 Å². The molecule has 0 aromatic rings. The first kappa shape index (κ1) is 12.6. The van der Waals surface area contributed by atoms with Crippen LogP contribution in [0.25, 0.3) is 0 Å². The number of rotatable bonds is 0. The van der Waals surface area contributed by atoms with E-state index in [0.29, 0.717) is 25.9 Å². The zero-order valence-corrected chi connectivity index (χ0v) is 11.0. The molecule has 4 atom stereocenters. The van der Waals surface area contributed by atoms with Crippen LogP contribution in [0, 0.1) is 17.3 Å². The van der Waals surface area contributed by atoms with Crippen LogP contribution in [0.1, 0.15) is 39.0 Å². The monoisotopic (exact) mass is 266 g/mol. The number of hydrogen-bond acceptors (Lipinski definition) is 5. The fourth-order valence-electron chi connectivity index (χ4n) is 3.88. The summed E-state index contributed by atoms with van der Waals surface area (Å²) in [4.78, 5) is 36.0. The van der Waals surface area contributed by atoms with Gasteiger partial charge in [-0.25, -0.2) is 4.79 Å². The average Bonchev–Trinajstić information content (AvgIpc) is 2.37. The molecule has 3 fully saturated rings. The Morgan fingerprint density at radius 1 is 1.26 bits per heavy atom. The van der Waals surface area contributed by atoms with Gasteiger partial charge in [0.1, 0.15) is 5.78 Å². The number of ether oxygens (including phenoxy) is 2. The second-order valence-electron chi connectivity index (χ2n) is 5.85. The Bertz CT molecular complexity index is 443. The second kappa shape index (κ2) is 4.32. The van der Waals surface area contributed by atoms with Gasteiger partial charge in [0.05, 0.1) is 12.0 Å². The van der Waals surface area contributed by atoms with E-state index in [4.69, 9.17) is 9.47 Å². The number of ketones is 1. The Balaban J connectivity index is 1.91. The molecule has 0 N–H and O–H groups in total. The van der Waals surface area contributed by atoms with E-state index < -0.39 is 17.5 Å². The van der Waals surface area contributed by atoms with Crippen LogP contribution in [0.4, 0.5) is 0 Å². The van der Waals surface area contributed by atoms with E-state index in [0.717, 1.165) is 12.8 Å². The molecule has 1 spiro atoms. The quantitative estimate of drug-likeness (QED) is 0.617. The number of carbonyl (C=O) groups excluding carboxylic acids is 3. The first-order valence-electron chi connectivity index (χ1n) is 6.96. The van der Waals surface area contributed by atoms with Gasteiger partial charge < -0.3 is 9.47 Å². The SMILES string of the molecule is C[C@@H]1OC(=O)[C@@]23CCCC(=O)[C@@H]2C[C@H]3CCOC1=O. The fourth-order valence-corrected chi connectivity index (χ4v) is 3.88. The standard InChI is InChI=1S/C14H18O5/c1-8-12(16)18-6-4-9-7-10-11(15)3-2-5-14(9,10)13(17)19-8/h8-10H,2-7H2,1H3/t8-,9+,10-,14+/m0/s1. The van der Waals surface area contributed by atoms with Crippen LogP contribution in [-0.4, -0.2) is 30.4 Å². The molecule has 3 aliphatic rings. The predicted octanol–water partition coefficient (Wildman–Crippen LogP) is 1.24. The highest BCUT2D eigenvalue weighted by Crippen LogP contribution is 2.60. The fraction of sp³-hybridized carbons (Fsp3) is 0.786. The zero-order chi connectivity index (χ0) is 13.6. The Morgan fingerprint density at radius 3 is 2.84 bits per heavy atom. The molecule has 1 heterocycles. The van der Waals surface area contributed by atoms with Crippen molar-refractivity contribution in [2.24, 2.45) is 17.3 Å². The lowest BCUT2D eigenvalue weighted by Gasteiger charge is -2.55. The third-order valence-electron chi connectivity index (χ3n) is 4.98. The summed E-state index contributed by atoms with van der Waals surface area (Å²) in [7, 11) is 0. The molecular weight excluding hydrogens is 248 g/mol. The Labute approximate surface area is 111 Å². The molecule has 2 saturated carbocycles. The largest absolute Gasteiger partial charge is 0.463 e. The minimum absolute atomic E-state index is 0.118. The van der Waals surface area contributed by atoms with Gasteiger partial charge in [-0.15, -0.1) is 0 Å². The summed E-state index contributed by atoms with van der Waals surface area (Å²) in [5.41, 5.74) is -0.669. The van der Waals surface area contributed by atoms with E-state index in [-0.39, 0.29) is 23.6 Å². The van der Waals surface area contributed by atoms with E-state index in [1.807, 2.05) is 0 Å². The number of Topliss-reactive ketones (excluding diaryl/α,β-unsaturated/α-hetero) is 1. The summed E-state index contributed by atoms with van der Waals surface area (Å²) >= 11 is 0. The van der Waals surface area contributed by atoms with Crippen LogP contribution in [0.2, 0.25) is 0 Å². The van der Waals surface area contributed by atoms with Crippen LogP contribution in [0.5, 0.6) is 0 Å². The van der Waals surface area contributed by atoms with Crippen LogP contribution in [0.3, 0.4) is 0 Å². The molecule has 2 aliphatic carbocycles. The second-order valence-corrected chi connectivity index (χ2v) is 5.85. The van der Waals surface area contributed by atoms with Gasteiger partial charge in [0.25, 0.3) is 0 Å². The number of hydrogen-bond donors (Lipinski definition) is 0. The first-order chi connectivity index (χ1) is 9.05. The number of esters is 2. The minimum atomic E-state index is -0.876. The van der Waals surface area contributed by atoms with Crippen molar-refractivity contribution in [3.05, 3.63) is 0 Å². The molecular formula is C14H18O5. The number of cyclic esters (lactones) is 2. The van der Waals surface area contributed by atoms with E-state index >= 15 is 0 Å². The summed E-state index contributed by atoms with van der Waals surface area (Å²) in [6.07, 6.45) is 2.52. The molecule has 104 valence electrons. The molecule has 3 rings (SSSR count). The molecule has 0 aromatic carbocycles.